The van der Waals surface area contributed by atoms with E-state index in [2.05, 4.69) is 31.6 Å². The molecule has 2 aromatic rings. The molecule has 9 heteroatoms. The SMILES string of the molecule is O=C(NCCc1nc(-c2cccc(Cl)c2)no1)NC1CNNC1. The molecule has 4 N–H and O–H groups in total. The quantitative estimate of drug-likeness (QED) is 0.641. The number of carbonyl (C=O) groups excluding carboxylic acids is 1. The summed E-state index contributed by atoms with van der Waals surface area (Å²) in [6, 6.07) is 7.11. The lowest BCUT2D eigenvalue weighted by Gasteiger charge is -2.10. The van der Waals surface area contributed by atoms with Gasteiger partial charge >= 0.3 is 6.03 Å². The molecule has 1 aromatic heterocycles. The van der Waals surface area contributed by atoms with Crippen LogP contribution in [-0.2, 0) is 6.42 Å². The number of carbonyl (C=O) groups is 1. The molecule has 0 unspecified atom stereocenters. The molecule has 0 saturated carbocycles. The molecule has 1 aliphatic heterocycles. The summed E-state index contributed by atoms with van der Waals surface area (Å²) in [5, 5.41) is 10.1. The van der Waals surface area contributed by atoms with Gasteiger partial charge in [0.2, 0.25) is 11.7 Å². The molecule has 0 spiro atoms. The van der Waals surface area contributed by atoms with E-state index in [9.17, 15) is 4.79 Å². The maximum absolute atomic E-state index is 11.7. The second kappa shape index (κ2) is 7.40. The van der Waals surface area contributed by atoms with E-state index in [1.807, 2.05) is 12.1 Å². The minimum absolute atomic E-state index is 0.0906. The summed E-state index contributed by atoms with van der Waals surface area (Å²) in [4.78, 5) is 16.0. The fourth-order valence-electron chi connectivity index (χ4n) is 2.19. The van der Waals surface area contributed by atoms with E-state index in [0.29, 0.717) is 42.8 Å². The number of urea groups is 1. The van der Waals surface area contributed by atoms with Crippen LogP contribution in [0.25, 0.3) is 11.4 Å². The topological polar surface area (TPSA) is 104 Å². The fourth-order valence-corrected chi connectivity index (χ4v) is 2.38. The van der Waals surface area contributed by atoms with Crippen molar-refractivity contribution in [3.8, 4) is 11.4 Å². The molecule has 122 valence electrons. The first kappa shape index (κ1) is 15.7. The summed E-state index contributed by atoms with van der Waals surface area (Å²) in [5.41, 5.74) is 6.68. The standard InChI is InChI=1S/C14H17ClN6O2/c15-10-3-1-2-9(6-10)13-20-12(23-21-13)4-5-16-14(22)19-11-7-17-18-8-11/h1-3,6,11,17-18H,4-5,7-8H2,(H2,16,19,22). The second-order valence-electron chi connectivity index (χ2n) is 5.13. The molecular weight excluding hydrogens is 320 g/mol. The van der Waals surface area contributed by atoms with Crippen LogP contribution in [0.5, 0.6) is 0 Å². The van der Waals surface area contributed by atoms with Crippen LogP contribution in [0, 0.1) is 0 Å². The average molecular weight is 337 g/mol. The van der Waals surface area contributed by atoms with E-state index in [-0.39, 0.29) is 12.1 Å². The lowest BCUT2D eigenvalue weighted by atomic mass is 10.2. The molecule has 0 radical (unpaired) electrons. The lowest BCUT2D eigenvalue weighted by molar-refractivity contribution is 0.238. The third-order valence-electron chi connectivity index (χ3n) is 3.33. The maximum Gasteiger partial charge on any atom is 0.315 e. The normalized spacial score (nSPS) is 14.8. The van der Waals surface area contributed by atoms with Crippen molar-refractivity contribution in [3.05, 3.63) is 35.2 Å². The van der Waals surface area contributed by atoms with Crippen LogP contribution in [0.4, 0.5) is 4.79 Å². The zero-order chi connectivity index (χ0) is 16.1. The highest BCUT2D eigenvalue weighted by Crippen LogP contribution is 2.19. The fraction of sp³-hybridized carbons (Fsp3) is 0.357. The second-order valence-corrected chi connectivity index (χ2v) is 5.57. The van der Waals surface area contributed by atoms with Gasteiger partial charge in [-0.05, 0) is 12.1 Å². The van der Waals surface area contributed by atoms with Crippen LogP contribution in [0.2, 0.25) is 5.02 Å². The Morgan fingerprint density at radius 3 is 3.00 bits per heavy atom. The Bertz CT molecular complexity index is 671. The van der Waals surface area contributed by atoms with Gasteiger partial charge in [-0.2, -0.15) is 4.98 Å². The summed E-state index contributed by atoms with van der Waals surface area (Å²) in [6.45, 7) is 1.83. The van der Waals surface area contributed by atoms with Gasteiger partial charge in [-0.15, -0.1) is 0 Å². The molecule has 1 aliphatic rings. The van der Waals surface area contributed by atoms with E-state index in [1.54, 1.807) is 12.1 Å². The summed E-state index contributed by atoms with van der Waals surface area (Å²) in [7, 11) is 0. The van der Waals surface area contributed by atoms with Crippen molar-refractivity contribution >= 4 is 17.6 Å². The largest absolute Gasteiger partial charge is 0.339 e. The highest BCUT2D eigenvalue weighted by atomic mass is 35.5. The molecule has 0 atom stereocenters. The molecule has 0 aliphatic carbocycles. The van der Waals surface area contributed by atoms with Crippen molar-refractivity contribution in [2.75, 3.05) is 19.6 Å². The zero-order valence-electron chi connectivity index (χ0n) is 12.3. The molecule has 2 amide bonds. The Kier molecular flexibility index (Phi) is 5.06. The number of aromatic nitrogens is 2. The highest BCUT2D eigenvalue weighted by Gasteiger charge is 2.16. The number of nitrogens with zero attached hydrogens (tertiary/aromatic N) is 2. The molecule has 1 saturated heterocycles. The first-order chi connectivity index (χ1) is 11.2. The molecule has 2 heterocycles. The minimum atomic E-state index is -0.213. The Morgan fingerprint density at radius 1 is 1.39 bits per heavy atom. The number of amides is 2. The number of rotatable bonds is 5. The third kappa shape index (κ3) is 4.41. The predicted molar refractivity (Wildman–Crippen MR) is 84.8 cm³/mol. The third-order valence-corrected chi connectivity index (χ3v) is 3.57. The van der Waals surface area contributed by atoms with Crippen LogP contribution < -0.4 is 21.5 Å². The number of hydrogen-bond acceptors (Lipinski definition) is 6. The van der Waals surface area contributed by atoms with Gasteiger partial charge in [0, 0.05) is 36.6 Å². The van der Waals surface area contributed by atoms with Crippen molar-refractivity contribution < 1.29 is 9.32 Å². The molecule has 0 bridgehead atoms. The van der Waals surface area contributed by atoms with Crippen LogP contribution >= 0.6 is 11.6 Å². The van der Waals surface area contributed by atoms with Crippen LogP contribution in [0.1, 0.15) is 5.89 Å². The van der Waals surface area contributed by atoms with Gasteiger partial charge in [-0.3, -0.25) is 10.9 Å². The molecule has 8 nitrogen and oxygen atoms in total. The van der Waals surface area contributed by atoms with Crippen LogP contribution in [0.3, 0.4) is 0 Å². The summed E-state index contributed by atoms with van der Waals surface area (Å²) >= 11 is 5.94. The minimum Gasteiger partial charge on any atom is -0.339 e. The molecule has 3 rings (SSSR count). The van der Waals surface area contributed by atoms with Crippen LogP contribution in [-0.4, -0.2) is 41.8 Å². The Morgan fingerprint density at radius 2 is 2.22 bits per heavy atom. The Balaban J connectivity index is 1.46. The van der Waals surface area contributed by atoms with E-state index < -0.39 is 0 Å². The van der Waals surface area contributed by atoms with Gasteiger partial charge in [0.25, 0.3) is 0 Å². The van der Waals surface area contributed by atoms with Crippen LogP contribution in [0.15, 0.2) is 28.8 Å². The van der Waals surface area contributed by atoms with Crippen molar-refractivity contribution in [3.63, 3.8) is 0 Å². The number of nitrogens with one attached hydrogen (secondary N) is 4. The van der Waals surface area contributed by atoms with Crippen molar-refractivity contribution in [1.29, 1.82) is 0 Å². The number of halogens is 1. The van der Waals surface area contributed by atoms with Gasteiger partial charge in [0.05, 0.1) is 6.04 Å². The van der Waals surface area contributed by atoms with Gasteiger partial charge in [-0.1, -0.05) is 28.9 Å². The number of hydrogen-bond donors (Lipinski definition) is 4. The summed E-state index contributed by atoms with van der Waals surface area (Å²) < 4.78 is 5.18. The average Bonchev–Trinajstić information content (AvgIpc) is 3.19. The van der Waals surface area contributed by atoms with Crippen molar-refractivity contribution in [2.24, 2.45) is 0 Å². The van der Waals surface area contributed by atoms with Crippen molar-refractivity contribution in [2.45, 2.75) is 12.5 Å². The van der Waals surface area contributed by atoms with Gasteiger partial charge in [-0.25, -0.2) is 4.79 Å². The summed E-state index contributed by atoms with van der Waals surface area (Å²) in [6.07, 6.45) is 0.460. The van der Waals surface area contributed by atoms with E-state index in [4.69, 9.17) is 16.1 Å². The Hall–Kier alpha value is -2.16. The van der Waals surface area contributed by atoms with Crippen molar-refractivity contribution in [1.82, 2.24) is 31.6 Å². The first-order valence-electron chi connectivity index (χ1n) is 7.29. The molecule has 23 heavy (non-hydrogen) atoms. The first-order valence-corrected chi connectivity index (χ1v) is 7.67. The maximum atomic E-state index is 11.7. The van der Waals surface area contributed by atoms with Gasteiger partial charge in [0.15, 0.2) is 0 Å². The zero-order valence-corrected chi connectivity index (χ0v) is 13.1. The predicted octanol–water partition coefficient (Wildman–Crippen LogP) is 0.708. The van der Waals surface area contributed by atoms with Gasteiger partial charge < -0.3 is 15.2 Å². The molecule has 1 fully saturated rings. The number of benzene rings is 1. The Labute approximate surface area is 137 Å². The summed E-state index contributed by atoms with van der Waals surface area (Å²) in [5.74, 6) is 0.944. The lowest BCUT2D eigenvalue weighted by Crippen LogP contribution is -2.44. The highest BCUT2D eigenvalue weighted by molar-refractivity contribution is 6.30. The smallest absolute Gasteiger partial charge is 0.315 e. The van der Waals surface area contributed by atoms with E-state index in [0.717, 1.165) is 5.56 Å². The molecule has 1 aromatic carbocycles. The van der Waals surface area contributed by atoms with E-state index in [1.165, 1.54) is 0 Å². The van der Waals surface area contributed by atoms with E-state index >= 15 is 0 Å². The molecular formula is C14H17ClN6O2. The number of hydrazine groups is 1. The van der Waals surface area contributed by atoms with Gasteiger partial charge in [0.1, 0.15) is 0 Å². The monoisotopic (exact) mass is 336 g/mol.